The van der Waals surface area contributed by atoms with Crippen LogP contribution in [0.1, 0.15) is 57.2 Å². The molecule has 2 unspecified atom stereocenters. The van der Waals surface area contributed by atoms with Crippen LogP contribution in [0.3, 0.4) is 0 Å². The van der Waals surface area contributed by atoms with Gasteiger partial charge in [0.1, 0.15) is 0 Å². The maximum atomic E-state index is 9.79. The first-order valence-electron chi connectivity index (χ1n) is 8.00. The highest BCUT2D eigenvalue weighted by atomic mass is 16.5. The molecule has 1 saturated carbocycles. The quantitative estimate of drug-likeness (QED) is 0.921. The first kappa shape index (κ1) is 14.1. The lowest BCUT2D eigenvalue weighted by atomic mass is 9.78. The van der Waals surface area contributed by atoms with E-state index in [1.807, 2.05) is 0 Å². The summed E-state index contributed by atoms with van der Waals surface area (Å²) in [5.41, 5.74) is 0.966. The summed E-state index contributed by atoms with van der Waals surface area (Å²) in [6, 6.07) is 2.71. The molecule has 2 atom stereocenters. The molecule has 1 aliphatic carbocycles. The summed E-state index contributed by atoms with van der Waals surface area (Å²) in [6.45, 7) is 3.01. The van der Waals surface area contributed by atoms with Crippen LogP contribution in [0.25, 0.3) is 0 Å². The van der Waals surface area contributed by atoms with E-state index in [4.69, 9.17) is 9.84 Å². The minimum atomic E-state index is -0.133. The maximum absolute atomic E-state index is 9.79. The van der Waals surface area contributed by atoms with Gasteiger partial charge in [-0.2, -0.15) is 5.10 Å². The molecular formula is C16H26N2O2. The van der Waals surface area contributed by atoms with Crippen LogP contribution in [0.2, 0.25) is 0 Å². The zero-order valence-electron chi connectivity index (χ0n) is 12.4. The summed E-state index contributed by atoms with van der Waals surface area (Å²) >= 11 is 0. The van der Waals surface area contributed by atoms with Gasteiger partial charge >= 0.3 is 0 Å². The van der Waals surface area contributed by atoms with Crippen molar-refractivity contribution >= 4 is 0 Å². The molecule has 1 saturated heterocycles. The zero-order chi connectivity index (χ0) is 14.0. The molecule has 2 fully saturated rings. The summed E-state index contributed by atoms with van der Waals surface area (Å²) in [7, 11) is 0. The van der Waals surface area contributed by atoms with E-state index in [1.54, 1.807) is 0 Å². The van der Waals surface area contributed by atoms with Crippen LogP contribution in [0.5, 0.6) is 0 Å². The number of rotatable bonds is 4. The summed E-state index contributed by atoms with van der Waals surface area (Å²) in [5.74, 6) is 0. The van der Waals surface area contributed by atoms with Crippen LogP contribution in [-0.4, -0.2) is 34.2 Å². The molecule has 20 heavy (non-hydrogen) atoms. The fourth-order valence-corrected chi connectivity index (χ4v) is 3.70. The molecule has 3 rings (SSSR count). The second-order valence-electron chi connectivity index (χ2n) is 6.54. The third kappa shape index (κ3) is 2.63. The van der Waals surface area contributed by atoms with Gasteiger partial charge < -0.3 is 9.84 Å². The van der Waals surface area contributed by atoms with Gasteiger partial charge in [-0.05, 0) is 32.3 Å². The third-order valence-electron chi connectivity index (χ3n) is 5.29. The van der Waals surface area contributed by atoms with E-state index in [9.17, 15) is 5.11 Å². The first-order valence-corrected chi connectivity index (χ1v) is 8.00. The Morgan fingerprint density at radius 3 is 2.85 bits per heavy atom. The van der Waals surface area contributed by atoms with Crippen LogP contribution in [-0.2, 0) is 11.2 Å². The predicted molar refractivity (Wildman–Crippen MR) is 77.6 cm³/mol. The fraction of sp³-hybridized carbons (Fsp3) is 0.812. The molecule has 1 aromatic rings. The zero-order valence-corrected chi connectivity index (χ0v) is 12.4. The molecule has 2 aliphatic rings. The Bertz CT molecular complexity index is 439. The van der Waals surface area contributed by atoms with Crippen LogP contribution < -0.4 is 0 Å². The summed E-state index contributed by atoms with van der Waals surface area (Å²) in [6.07, 6.45) is 10.5. The molecule has 0 aromatic carbocycles. The highest BCUT2D eigenvalue weighted by molar-refractivity contribution is 5.07. The fourth-order valence-electron chi connectivity index (χ4n) is 3.70. The summed E-state index contributed by atoms with van der Waals surface area (Å²) in [5, 5.41) is 14.6. The second kappa shape index (κ2) is 5.86. The summed E-state index contributed by atoms with van der Waals surface area (Å²) < 4.78 is 7.81. The van der Waals surface area contributed by atoms with Crippen molar-refractivity contribution in [1.29, 1.82) is 0 Å². The topological polar surface area (TPSA) is 47.3 Å². The molecular weight excluding hydrogens is 252 g/mol. The lowest BCUT2D eigenvalue weighted by molar-refractivity contribution is 0.0265. The lowest BCUT2D eigenvalue weighted by Gasteiger charge is -2.29. The van der Waals surface area contributed by atoms with Gasteiger partial charge in [0.25, 0.3) is 0 Å². The number of hydrogen-bond acceptors (Lipinski definition) is 3. The van der Waals surface area contributed by atoms with Crippen LogP contribution in [0.4, 0.5) is 0 Å². The van der Waals surface area contributed by atoms with E-state index >= 15 is 0 Å². The smallest absolute Gasteiger partial charge is 0.0632 e. The molecule has 0 amide bonds. The highest BCUT2D eigenvalue weighted by Crippen LogP contribution is 2.37. The van der Waals surface area contributed by atoms with Gasteiger partial charge in [-0.3, -0.25) is 4.68 Å². The van der Waals surface area contributed by atoms with E-state index in [0.717, 1.165) is 25.1 Å². The first-order chi connectivity index (χ1) is 9.73. The molecule has 112 valence electrons. The van der Waals surface area contributed by atoms with E-state index in [1.165, 1.54) is 32.1 Å². The molecule has 4 nitrogen and oxygen atoms in total. The normalized spacial score (nSPS) is 31.8. The van der Waals surface area contributed by atoms with Crippen LogP contribution in [0, 0.1) is 5.41 Å². The minimum Gasteiger partial charge on any atom is -0.396 e. The Morgan fingerprint density at radius 1 is 1.40 bits per heavy atom. The Labute approximate surface area is 121 Å². The molecule has 1 aliphatic heterocycles. The van der Waals surface area contributed by atoms with E-state index in [0.29, 0.717) is 6.04 Å². The van der Waals surface area contributed by atoms with Gasteiger partial charge in [0.15, 0.2) is 0 Å². The van der Waals surface area contributed by atoms with Gasteiger partial charge in [0.05, 0.1) is 24.4 Å². The standard InChI is InChI=1S/C16H26N2O2/c1-13-16(12-19,8-10-20-13)11-14-7-9-18(17-14)15-5-3-2-4-6-15/h7,9,13,15,19H,2-6,8,10-12H2,1H3. The number of aromatic nitrogens is 2. The molecule has 4 heteroatoms. The lowest BCUT2D eigenvalue weighted by Crippen LogP contribution is -2.35. The van der Waals surface area contributed by atoms with Crippen molar-refractivity contribution in [2.24, 2.45) is 5.41 Å². The largest absolute Gasteiger partial charge is 0.396 e. The van der Waals surface area contributed by atoms with Crippen molar-refractivity contribution in [3.05, 3.63) is 18.0 Å². The monoisotopic (exact) mass is 278 g/mol. The van der Waals surface area contributed by atoms with E-state index < -0.39 is 0 Å². The SMILES string of the molecule is CC1OCCC1(CO)Cc1ccn(C2CCCCC2)n1. The van der Waals surface area contributed by atoms with Crippen molar-refractivity contribution in [2.45, 2.75) is 64.0 Å². The number of hydrogen-bond donors (Lipinski definition) is 1. The van der Waals surface area contributed by atoms with Crippen molar-refractivity contribution in [1.82, 2.24) is 9.78 Å². The molecule has 0 bridgehead atoms. The van der Waals surface area contributed by atoms with Crippen LogP contribution in [0.15, 0.2) is 12.3 Å². The Kier molecular flexibility index (Phi) is 4.13. The third-order valence-corrected chi connectivity index (χ3v) is 5.29. The van der Waals surface area contributed by atoms with Crippen molar-refractivity contribution in [3.63, 3.8) is 0 Å². The minimum absolute atomic E-state index is 0.118. The molecule has 1 N–H and O–H groups in total. The summed E-state index contributed by atoms with van der Waals surface area (Å²) in [4.78, 5) is 0. The predicted octanol–water partition coefficient (Wildman–Crippen LogP) is 2.72. The Hall–Kier alpha value is -0.870. The van der Waals surface area contributed by atoms with Crippen molar-refractivity contribution < 1.29 is 9.84 Å². The van der Waals surface area contributed by atoms with E-state index in [2.05, 4.69) is 23.9 Å². The van der Waals surface area contributed by atoms with Gasteiger partial charge in [0, 0.05) is 24.6 Å². The number of ether oxygens (including phenoxy) is 1. The second-order valence-corrected chi connectivity index (χ2v) is 6.54. The number of nitrogens with zero attached hydrogens (tertiary/aromatic N) is 2. The van der Waals surface area contributed by atoms with Gasteiger partial charge in [-0.15, -0.1) is 0 Å². The highest BCUT2D eigenvalue weighted by Gasteiger charge is 2.41. The van der Waals surface area contributed by atoms with Crippen molar-refractivity contribution in [3.8, 4) is 0 Å². The number of aliphatic hydroxyl groups is 1. The van der Waals surface area contributed by atoms with Gasteiger partial charge in [-0.25, -0.2) is 0 Å². The average molecular weight is 278 g/mol. The van der Waals surface area contributed by atoms with Gasteiger partial charge in [-0.1, -0.05) is 19.3 Å². The molecule has 2 heterocycles. The Morgan fingerprint density at radius 2 is 2.20 bits per heavy atom. The Balaban J connectivity index is 1.70. The molecule has 1 aromatic heterocycles. The molecule has 0 spiro atoms. The van der Waals surface area contributed by atoms with Gasteiger partial charge in [0.2, 0.25) is 0 Å². The average Bonchev–Trinajstić information content (AvgIpc) is 3.08. The number of aliphatic hydroxyl groups excluding tert-OH is 1. The maximum Gasteiger partial charge on any atom is 0.0632 e. The van der Waals surface area contributed by atoms with Crippen LogP contribution >= 0.6 is 0 Å². The van der Waals surface area contributed by atoms with Crippen molar-refractivity contribution in [2.75, 3.05) is 13.2 Å². The molecule has 0 radical (unpaired) electrons. The van der Waals surface area contributed by atoms with E-state index in [-0.39, 0.29) is 18.1 Å².